The average Bonchev–Trinajstić information content (AvgIpc) is 2.28. The number of amides is 1. The molecule has 0 saturated carbocycles. The lowest BCUT2D eigenvalue weighted by Crippen LogP contribution is -2.16. The maximum atomic E-state index is 12.8. The van der Waals surface area contributed by atoms with Gasteiger partial charge in [-0.05, 0) is 12.1 Å². The van der Waals surface area contributed by atoms with E-state index in [-0.39, 0.29) is 19.0 Å². The van der Waals surface area contributed by atoms with Gasteiger partial charge in [0.15, 0.2) is 0 Å². The van der Waals surface area contributed by atoms with E-state index < -0.39 is 11.9 Å². The molecule has 0 aliphatic rings. The summed E-state index contributed by atoms with van der Waals surface area (Å²) in [5.74, 6) is -0.271. The monoisotopic (exact) mass is 229 g/mol. The Balaban J connectivity index is 2.69. The van der Waals surface area contributed by atoms with Crippen molar-refractivity contribution in [2.75, 3.05) is 25.6 Å². The topological polar surface area (TPSA) is 67.8 Å². The molecule has 1 amide bonds. The van der Waals surface area contributed by atoms with E-state index in [0.717, 1.165) is 6.07 Å². The Morgan fingerprint density at radius 1 is 1.56 bits per heavy atom. The fraction of sp³-hybridized carbons (Fsp3) is 0.300. The summed E-state index contributed by atoms with van der Waals surface area (Å²) in [6.07, 6.45) is -0.737. The van der Waals surface area contributed by atoms with E-state index in [1.54, 1.807) is 0 Å². The summed E-state index contributed by atoms with van der Waals surface area (Å²) in [7, 11) is 1.36. The minimum absolute atomic E-state index is 0.102. The minimum Gasteiger partial charge on any atom is -0.494 e. The van der Waals surface area contributed by atoms with Crippen LogP contribution in [0.1, 0.15) is 0 Å². The summed E-state index contributed by atoms with van der Waals surface area (Å²) in [6, 6.07) is 3.68. The number of aliphatic hydroxyl groups is 1. The lowest BCUT2D eigenvalue weighted by molar-refractivity contribution is 0.131. The van der Waals surface area contributed by atoms with Gasteiger partial charge < -0.3 is 14.6 Å². The molecule has 0 saturated heterocycles. The number of carbonyl (C=O) groups excluding carboxylic acids is 1. The van der Waals surface area contributed by atoms with Gasteiger partial charge in [0.05, 0.1) is 19.4 Å². The number of ether oxygens (including phenoxy) is 2. The number of hydrogen-bond donors (Lipinski definition) is 2. The second-order valence-corrected chi connectivity index (χ2v) is 2.83. The van der Waals surface area contributed by atoms with Gasteiger partial charge in [0.2, 0.25) is 0 Å². The van der Waals surface area contributed by atoms with E-state index in [9.17, 15) is 9.18 Å². The normalized spacial score (nSPS) is 9.69. The first kappa shape index (κ1) is 12.3. The molecule has 0 fully saturated rings. The van der Waals surface area contributed by atoms with E-state index in [4.69, 9.17) is 9.84 Å². The lowest BCUT2D eigenvalue weighted by Gasteiger charge is -2.09. The van der Waals surface area contributed by atoms with Crippen molar-refractivity contribution in [3.05, 3.63) is 24.0 Å². The number of hydrogen-bond acceptors (Lipinski definition) is 4. The van der Waals surface area contributed by atoms with E-state index in [1.807, 2.05) is 0 Å². The Morgan fingerprint density at radius 3 is 2.94 bits per heavy atom. The Morgan fingerprint density at radius 2 is 2.31 bits per heavy atom. The Labute approximate surface area is 91.8 Å². The SMILES string of the molecule is COc1cc(F)ccc1NC(=O)OCCO. The number of anilines is 1. The summed E-state index contributed by atoms with van der Waals surface area (Å²) in [5.41, 5.74) is 0.298. The third-order valence-corrected chi connectivity index (χ3v) is 1.72. The van der Waals surface area contributed by atoms with E-state index in [1.165, 1.54) is 19.2 Å². The number of halogens is 1. The highest BCUT2D eigenvalue weighted by Crippen LogP contribution is 2.24. The second kappa shape index (κ2) is 5.92. The molecule has 1 aromatic rings. The predicted octanol–water partition coefficient (Wildman–Crippen LogP) is 1.38. The zero-order valence-electron chi connectivity index (χ0n) is 8.70. The van der Waals surface area contributed by atoms with Gasteiger partial charge in [-0.15, -0.1) is 0 Å². The van der Waals surface area contributed by atoms with Crippen LogP contribution in [-0.2, 0) is 4.74 Å². The molecule has 1 rings (SSSR count). The second-order valence-electron chi connectivity index (χ2n) is 2.83. The molecule has 2 N–H and O–H groups in total. The molecule has 5 nitrogen and oxygen atoms in total. The van der Waals surface area contributed by atoms with Gasteiger partial charge >= 0.3 is 6.09 Å². The molecule has 0 unspecified atom stereocenters. The standard InChI is InChI=1S/C10H12FNO4/c1-15-9-6-7(11)2-3-8(9)12-10(14)16-5-4-13/h2-3,6,13H,4-5H2,1H3,(H,12,14). The zero-order chi connectivity index (χ0) is 12.0. The summed E-state index contributed by atoms with van der Waals surface area (Å²) >= 11 is 0. The molecule has 88 valence electrons. The first-order valence-corrected chi connectivity index (χ1v) is 4.55. The molecule has 0 bridgehead atoms. The predicted molar refractivity (Wildman–Crippen MR) is 55.0 cm³/mol. The molecule has 0 aliphatic heterocycles. The Hall–Kier alpha value is -1.82. The van der Waals surface area contributed by atoms with Gasteiger partial charge in [-0.2, -0.15) is 0 Å². The summed E-state index contributed by atoms with van der Waals surface area (Å²) < 4.78 is 22.3. The van der Waals surface area contributed by atoms with Crippen molar-refractivity contribution in [3.63, 3.8) is 0 Å². The average molecular weight is 229 g/mol. The highest BCUT2D eigenvalue weighted by molar-refractivity contribution is 5.86. The molecule has 16 heavy (non-hydrogen) atoms. The molecule has 0 radical (unpaired) electrons. The Kier molecular flexibility index (Phi) is 4.53. The van der Waals surface area contributed by atoms with Gasteiger partial charge in [0.1, 0.15) is 18.2 Å². The number of carbonyl (C=O) groups is 1. The van der Waals surface area contributed by atoms with Crippen LogP contribution in [0.25, 0.3) is 0 Å². The number of nitrogens with one attached hydrogen (secondary N) is 1. The van der Waals surface area contributed by atoms with Crippen molar-refractivity contribution >= 4 is 11.8 Å². The highest BCUT2D eigenvalue weighted by atomic mass is 19.1. The van der Waals surface area contributed by atoms with Crippen LogP contribution < -0.4 is 10.1 Å². The van der Waals surface area contributed by atoms with Crippen LogP contribution in [0.2, 0.25) is 0 Å². The number of aliphatic hydroxyl groups excluding tert-OH is 1. The first-order valence-electron chi connectivity index (χ1n) is 4.55. The highest BCUT2D eigenvalue weighted by Gasteiger charge is 2.08. The molecular weight excluding hydrogens is 217 g/mol. The summed E-state index contributed by atoms with van der Waals surface area (Å²) in [4.78, 5) is 11.1. The molecule has 0 heterocycles. The number of benzene rings is 1. The molecule has 0 spiro atoms. The van der Waals surface area contributed by atoms with Crippen molar-refractivity contribution in [2.45, 2.75) is 0 Å². The minimum atomic E-state index is -0.737. The largest absolute Gasteiger partial charge is 0.494 e. The van der Waals surface area contributed by atoms with Gasteiger partial charge in [-0.3, -0.25) is 5.32 Å². The molecule has 0 aromatic heterocycles. The van der Waals surface area contributed by atoms with Crippen LogP contribution in [0.5, 0.6) is 5.75 Å². The third kappa shape index (κ3) is 3.39. The van der Waals surface area contributed by atoms with Crippen molar-refractivity contribution in [1.82, 2.24) is 0 Å². The van der Waals surface area contributed by atoms with Gasteiger partial charge in [0, 0.05) is 6.07 Å². The zero-order valence-corrected chi connectivity index (χ0v) is 8.70. The Bertz CT molecular complexity index is 370. The van der Waals surface area contributed by atoms with Gasteiger partial charge in [0.25, 0.3) is 0 Å². The summed E-state index contributed by atoms with van der Waals surface area (Å²) in [5, 5.41) is 10.8. The maximum Gasteiger partial charge on any atom is 0.411 e. The lowest BCUT2D eigenvalue weighted by atomic mass is 10.3. The molecular formula is C10H12FNO4. The van der Waals surface area contributed by atoms with Gasteiger partial charge in [-0.1, -0.05) is 0 Å². The third-order valence-electron chi connectivity index (χ3n) is 1.72. The fourth-order valence-electron chi connectivity index (χ4n) is 1.05. The van der Waals surface area contributed by atoms with Crippen LogP contribution in [0.4, 0.5) is 14.9 Å². The molecule has 6 heteroatoms. The van der Waals surface area contributed by atoms with Crippen LogP contribution in [0.3, 0.4) is 0 Å². The van der Waals surface area contributed by atoms with Crippen molar-refractivity contribution in [1.29, 1.82) is 0 Å². The van der Waals surface area contributed by atoms with E-state index in [2.05, 4.69) is 10.1 Å². The van der Waals surface area contributed by atoms with Crippen LogP contribution in [-0.4, -0.2) is 31.5 Å². The smallest absolute Gasteiger partial charge is 0.411 e. The molecule has 1 aromatic carbocycles. The van der Waals surface area contributed by atoms with Gasteiger partial charge in [-0.25, -0.2) is 9.18 Å². The van der Waals surface area contributed by atoms with E-state index >= 15 is 0 Å². The quantitative estimate of drug-likeness (QED) is 0.818. The van der Waals surface area contributed by atoms with Crippen LogP contribution >= 0.6 is 0 Å². The number of rotatable bonds is 4. The number of methoxy groups -OCH3 is 1. The van der Waals surface area contributed by atoms with Crippen molar-refractivity contribution < 1.29 is 23.8 Å². The van der Waals surface area contributed by atoms with Crippen LogP contribution in [0.15, 0.2) is 18.2 Å². The van der Waals surface area contributed by atoms with Crippen molar-refractivity contribution in [2.24, 2.45) is 0 Å². The molecule has 0 atom stereocenters. The fourth-order valence-corrected chi connectivity index (χ4v) is 1.05. The first-order chi connectivity index (χ1) is 7.67. The van der Waals surface area contributed by atoms with Crippen molar-refractivity contribution in [3.8, 4) is 5.75 Å². The summed E-state index contributed by atoms with van der Waals surface area (Å²) in [6.45, 7) is -0.358. The maximum absolute atomic E-state index is 12.8. The van der Waals surface area contributed by atoms with Crippen LogP contribution in [0, 0.1) is 5.82 Å². The van der Waals surface area contributed by atoms with E-state index in [0.29, 0.717) is 5.69 Å². The molecule has 0 aliphatic carbocycles.